The van der Waals surface area contributed by atoms with Crippen molar-refractivity contribution in [3.05, 3.63) is 0 Å². The quantitative estimate of drug-likeness (QED) is 0.748. The van der Waals surface area contributed by atoms with Crippen LogP contribution in [0.2, 0.25) is 0 Å². The summed E-state index contributed by atoms with van der Waals surface area (Å²) >= 11 is 0. The zero-order chi connectivity index (χ0) is 12.3. The molecule has 0 aromatic carbocycles. The Morgan fingerprint density at radius 2 is 2.06 bits per heavy atom. The van der Waals surface area contributed by atoms with E-state index in [-0.39, 0.29) is 23.3 Å². The van der Waals surface area contributed by atoms with E-state index in [1.54, 1.807) is 0 Å². The molecular formula is C13H22N2O2. The summed E-state index contributed by atoms with van der Waals surface area (Å²) in [5.74, 6) is 0.238. The van der Waals surface area contributed by atoms with Gasteiger partial charge in [0.15, 0.2) is 0 Å². The number of rotatable bonds is 2. The van der Waals surface area contributed by atoms with Crippen LogP contribution < -0.4 is 11.1 Å². The number of hydrogen-bond acceptors (Lipinski definition) is 3. The second kappa shape index (κ2) is 3.45. The van der Waals surface area contributed by atoms with Gasteiger partial charge in [-0.3, -0.25) is 4.79 Å². The predicted octanol–water partition coefficient (Wildman–Crippen LogP) is 0.798. The lowest BCUT2D eigenvalue weighted by Crippen LogP contribution is -2.82. The third-order valence-corrected chi connectivity index (χ3v) is 4.97. The van der Waals surface area contributed by atoms with Crippen molar-refractivity contribution >= 4 is 5.91 Å². The molecule has 3 N–H and O–H groups in total. The summed E-state index contributed by atoms with van der Waals surface area (Å²) in [6, 6.07) is 0.377. The van der Waals surface area contributed by atoms with Gasteiger partial charge >= 0.3 is 0 Å². The lowest BCUT2D eigenvalue weighted by molar-refractivity contribution is -0.225. The number of carbonyl (C=O) groups is 1. The van der Waals surface area contributed by atoms with Crippen molar-refractivity contribution in [2.45, 2.75) is 57.2 Å². The zero-order valence-corrected chi connectivity index (χ0v) is 10.7. The number of amides is 1. The second-order valence-electron chi connectivity index (χ2n) is 6.38. The van der Waals surface area contributed by atoms with Crippen LogP contribution in [0.3, 0.4) is 0 Å². The highest BCUT2D eigenvalue weighted by Gasteiger charge is 2.70. The van der Waals surface area contributed by atoms with Crippen molar-refractivity contribution < 1.29 is 9.53 Å². The van der Waals surface area contributed by atoms with Crippen LogP contribution >= 0.6 is 0 Å². The molecule has 0 aromatic rings. The van der Waals surface area contributed by atoms with Crippen LogP contribution in [-0.4, -0.2) is 30.2 Å². The maximum Gasteiger partial charge on any atom is 0.241 e. The van der Waals surface area contributed by atoms with E-state index in [4.69, 9.17) is 10.5 Å². The summed E-state index contributed by atoms with van der Waals surface area (Å²) in [6.45, 7) is 4.93. The van der Waals surface area contributed by atoms with E-state index in [9.17, 15) is 4.79 Å². The topological polar surface area (TPSA) is 64.3 Å². The molecule has 3 atom stereocenters. The van der Waals surface area contributed by atoms with Gasteiger partial charge < -0.3 is 15.8 Å². The Morgan fingerprint density at radius 1 is 1.35 bits per heavy atom. The SMILES string of the molecule is CC1(C)C2OCCCC2C1(N)C(=O)NC1CC1. The van der Waals surface area contributed by atoms with Gasteiger partial charge in [0, 0.05) is 24.0 Å². The summed E-state index contributed by atoms with van der Waals surface area (Å²) in [5.41, 5.74) is 5.47. The maximum absolute atomic E-state index is 12.4. The zero-order valence-electron chi connectivity index (χ0n) is 10.7. The molecule has 3 aliphatic rings. The Kier molecular flexibility index (Phi) is 2.33. The maximum atomic E-state index is 12.4. The molecule has 17 heavy (non-hydrogen) atoms. The highest BCUT2D eigenvalue weighted by Crippen LogP contribution is 2.57. The molecule has 0 spiro atoms. The first kappa shape index (κ1) is 11.5. The van der Waals surface area contributed by atoms with E-state index in [2.05, 4.69) is 19.2 Å². The summed E-state index contributed by atoms with van der Waals surface area (Å²) in [6.07, 6.45) is 4.40. The van der Waals surface area contributed by atoms with Crippen molar-refractivity contribution in [1.82, 2.24) is 5.32 Å². The molecule has 0 bridgehead atoms. The second-order valence-corrected chi connectivity index (χ2v) is 6.38. The first-order valence-corrected chi connectivity index (χ1v) is 6.69. The van der Waals surface area contributed by atoms with Crippen molar-refractivity contribution in [3.8, 4) is 0 Å². The first-order valence-electron chi connectivity index (χ1n) is 6.69. The van der Waals surface area contributed by atoms with Gasteiger partial charge in [0.2, 0.25) is 5.91 Å². The fourth-order valence-corrected chi connectivity index (χ4v) is 3.57. The van der Waals surface area contributed by atoms with Crippen LogP contribution in [0.15, 0.2) is 0 Å². The monoisotopic (exact) mass is 238 g/mol. The highest BCUT2D eigenvalue weighted by atomic mass is 16.5. The van der Waals surface area contributed by atoms with Gasteiger partial charge in [0.1, 0.15) is 5.54 Å². The molecule has 1 heterocycles. The summed E-state index contributed by atoms with van der Waals surface area (Å²) in [5, 5.41) is 3.07. The average molecular weight is 238 g/mol. The van der Waals surface area contributed by atoms with Crippen LogP contribution in [0.25, 0.3) is 0 Å². The van der Waals surface area contributed by atoms with Gasteiger partial charge in [-0.2, -0.15) is 0 Å². The minimum absolute atomic E-state index is 0.0387. The van der Waals surface area contributed by atoms with Crippen LogP contribution in [0.1, 0.15) is 39.5 Å². The molecule has 4 nitrogen and oxygen atoms in total. The van der Waals surface area contributed by atoms with E-state index >= 15 is 0 Å². The normalized spacial score (nSPS) is 43.5. The molecule has 2 aliphatic carbocycles. The Labute approximate surface area is 102 Å². The number of hydrogen-bond donors (Lipinski definition) is 2. The van der Waals surface area contributed by atoms with E-state index < -0.39 is 5.54 Å². The Morgan fingerprint density at radius 3 is 2.71 bits per heavy atom. The lowest BCUT2D eigenvalue weighted by Gasteiger charge is -2.65. The van der Waals surface area contributed by atoms with Crippen LogP contribution in [0.5, 0.6) is 0 Å². The summed E-state index contributed by atoms with van der Waals surface area (Å²) in [7, 11) is 0. The molecule has 4 heteroatoms. The van der Waals surface area contributed by atoms with E-state index in [0.29, 0.717) is 6.04 Å². The largest absolute Gasteiger partial charge is 0.377 e. The summed E-state index contributed by atoms with van der Waals surface area (Å²) < 4.78 is 5.80. The average Bonchev–Trinajstić information content (AvgIpc) is 3.11. The molecule has 2 saturated carbocycles. The number of ether oxygens (including phenoxy) is 1. The van der Waals surface area contributed by atoms with Crippen LogP contribution in [-0.2, 0) is 9.53 Å². The third kappa shape index (κ3) is 1.40. The Bertz CT molecular complexity index is 351. The third-order valence-electron chi connectivity index (χ3n) is 4.97. The van der Waals surface area contributed by atoms with Crippen LogP contribution in [0, 0.1) is 11.3 Å². The fraction of sp³-hybridized carbons (Fsp3) is 0.923. The van der Waals surface area contributed by atoms with E-state index in [0.717, 1.165) is 32.3 Å². The molecule has 1 amide bonds. The predicted molar refractivity (Wildman–Crippen MR) is 64.3 cm³/mol. The van der Waals surface area contributed by atoms with Gasteiger partial charge in [-0.1, -0.05) is 13.8 Å². The van der Waals surface area contributed by atoms with Crippen molar-refractivity contribution in [3.63, 3.8) is 0 Å². The van der Waals surface area contributed by atoms with Crippen molar-refractivity contribution in [2.24, 2.45) is 17.1 Å². The molecule has 96 valence electrons. The van der Waals surface area contributed by atoms with E-state index in [1.165, 1.54) is 0 Å². The standard InChI is InChI=1S/C13H22N2O2/c1-12(2)10-9(4-3-7-17-10)13(12,14)11(16)15-8-5-6-8/h8-10H,3-7,14H2,1-2H3,(H,15,16). The number of nitrogens with two attached hydrogens (primary N) is 1. The van der Waals surface area contributed by atoms with Gasteiger partial charge in [-0.25, -0.2) is 0 Å². The van der Waals surface area contributed by atoms with Gasteiger partial charge in [-0.15, -0.1) is 0 Å². The molecule has 1 saturated heterocycles. The Hall–Kier alpha value is -0.610. The molecule has 1 aliphatic heterocycles. The van der Waals surface area contributed by atoms with Gasteiger partial charge in [0.25, 0.3) is 0 Å². The number of fused-ring (bicyclic) bond motifs is 1. The molecule has 0 aromatic heterocycles. The van der Waals surface area contributed by atoms with Gasteiger partial charge in [-0.05, 0) is 25.7 Å². The van der Waals surface area contributed by atoms with Crippen molar-refractivity contribution in [1.29, 1.82) is 0 Å². The molecule has 3 fully saturated rings. The van der Waals surface area contributed by atoms with Crippen LogP contribution in [0.4, 0.5) is 0 Å². The molecule has 3 rings (SSSR count). The minimum atomic E-state index is -0.735. The van der Waals surface area contributed by atoms with E-state index in [1.807, 2.05) is 0 Å². The lowest BCUT2D eigenvalue weighted by atomic mass is 9.46. The molecular weight excluding hydrogens is 216 g/mol. The molecule has 3 unspecified atom stereocenters. The van der Waals surface area contributed by atoms with Gasteiger partial charge in [0.05, 0.1) is 6.10 Å². The number of nitrogens with one attached hydrogen (secondary N) is 1. The summed E-state index contributed by atoms with van der Waals surface area (Å²) in [4.78, 5) is 12.4. The smallest absolute Gasteiger partial charge is 0.241 e. The highest BCUT2D eigenvalue weighted by molar-refractivity contribution is 5.90. The first-order chi connectivity index (χ1) is 7.98. The Balaban J connectivity index is 1.81. The van der Waals surface area contributed by atoms with Crippen molar-refractivity contribution in [2.75, 3.05) is 6.61 Å². The minimum Gasteiger partial charge on any atom is -0.377 e. The molecule has 0 radical (unpaired) electrons. The fourth-order valence-electron chi connectivity index (χ4n) is 3.57. The number of carbonyl (C=O) groups excluding carboxylic acids is 1.